The van der Waals surface area contributed by atoms with Crippen LogP contribution in [0.3, 0.4) is 0 Å². The van der Waals surface area contributed by atoms with Gasteiger partial charge in [-0.1, -0.05) is 13.3 Å². The molecule has 1 aromatic rings. The number of hydrogen-bond donors (Lipinski definition) is 2. The van der Waals surface area contributed by atoms with Crippen LogP contribution in [0.25, 0.3) is 0 Å². The summed E-state index contributed by atoms with van der Waals surface area (Å²) in [6.45, 7) is 4.11. The van der Waals surface area contributed by atoms with Crippen molar-refractivity contribution in [2.45, 2.75) is 52.0 Å². The van der Waals surface area contributed by atoms with Crippen molar-refractivity contribution in [3.05, 3.63) is 11.6 Å². The zero-order valence-corrected chi connectivity index (χ0v) is 11.6. The van der Waals surface area contributed by atoms with Crippen molar-refractivity contribution >= 4 is 5.91 Å². The SMILES string of the molecule is CCc1nc(C(=O)NC(C)C2CC3CCC2C3)n[nH]1. The van der Waals surface area contributed by atoms with Gasteiger partial charge in [0.15, 0.2) is 0 Å². The van der Waals surface area contributed by atoms with Gasteiger partial charge in [-0.05, 0) is 43.9 Å². The number of rotatable bonds is 4. The van der Waals surface area contributed by atoms with Gasteiger partial charge in [-0.2, -0.15) is 0 Å². The van der Waals surface area contributed by atoms with Crippen LogP contribution in [0.1, 0.15) is 56.0 Å². The summed E-state index contributed by atoms with van der Waals surface area (Å²) in [7, 11) is 0. The van der Waals surface area contributed by atoms with Gasteiger partial charge in [0.05, 0.1) is 0 Å². The van der Waals surface area contributed by atoms with Crippen LogP contribution in [0.4, 0.5) is 0 Å². The van der Waals surface area contributed by atoms with E-state index < -0.39 is 0 Å². The van der Waals surface area contributed by atoms with Crippen LogP contribution in [0.2, 0.25) is 0 Å². The number of aromatic nitrogens is 3. The van der Waals surface area contributed by atoms with Crippen molar-refractivity contribution in [3.63, 3.8) is 0 Å². The fourth-order valence-electron chi connectivity index (χ4n) is 3.84. The van der Waals surface area contributed by atoms with Crippen LogP contribution < -0.4 is 5.32 Å². The van der Waals surface area contributed by atoms with Crippen LogP contribution in [-0.2, 0) is 6.42 Å². The van der Waals surface area contributed by atoms with Gasteiger partial charge in [0, 0.05) is 12.5 Å². The Balaban J connectivity index is 1.60. The van der Waals surface area contributed by atoms with Crippen molar-refractivity contribution in [3.8, 4) is 0 Å². The Labute approximate surface area is 113 Å². The number of carbonyl (C=O) groups excluding carboxylic acids is 1. The molecule has 0 aromatic carbocycles. The Kier molecular flexibility index (Phi) is 3.29. The zero-order chi connectivity index (χ0) is 13.4. The van der Waals surface area contributed by atoms with Gasteiger partial charge in [-0.25, -0.2) is 4.98 Å². The summed E-state index contributed by atoms with van der Waals surface area (Å²) < 4.78 is 0. The Morgan fingerprint density at radius 1 is 1.47 bits per heavy atom. The third-order valence-corrected chi connectivity index (χ3v) is 4.86. The molecule has 5 heteroatoms. The molecular formula is C14H22N4O. The van der Waals surface area contributed by atoms with Gasteiger partial charge in [-0.3, -0.25) is 9.89 Å². The Morgan fingerprint density at radius 2 is 2.32 bits per heavy atom. The molecule has 2 fully saturated rings. The molecule has 104 valence electrons. The zero-order valence-electron chi connectivity index (χ0n) is 11.6. The molecule has 2 aliphatic rings. The molecule has 1 aromatic heterocycles. The van der Waals surface area contributed by atoms with Crippen molar-refractivity contribution in [1.29, 1.82) is 0 Å². The van der Waals surface area contributed by atoms with Crippen LogP contribution in [0, 0.1) is 17.8 Å². The molecule has 2 aliphatic carbocycles. The van der Waals surface area contributed by atoms with Crippen LogP contribution in [0.5, 0.6) is 0 Å². The highest BCUT2D eigenvalue weighted by Gasteiger charge is 2.42. The minimum Gasteiger partial charge on any atom is -0.347 e. The summed E-state index contributed by atoms with van der Waals surface area (Å²) in [5, 5.41) is 9.83. The summed E-state index contributed by atoms with van der Waals surface area (Å²) in [5.74, 6) is 3.26. The lowest BCUT2D eigenvalue weighted by molar-refractivity contribution is 0.0905. The molecule has 19 heavy (non-hydrogen) atoms. The summed E-state index contributed by atoms with van der Waals surface area (Å²) in [4.78, 5) is 16.3. The summed E-state index contributed by atoms with van der Waals surface area (Å²) in [6.07, 6.45) is 6.15. The maximum absolute atomic E-state index is 12.1. The highest BCUT2D eigenvalue weighted by atomic mass is 16.2. The molecule has 0 saturated heterocycles. The van der Waals surface area contributed by atoms with Crippen LogP contribution >= 0.6 is 0 Å². The number of H-pyrrole nitrogens is 1. The summed E-state index contributed by atoms with van der Waals surface area (Å²) in [6, 6.07) is 0.228. The largest absolute Gasteiger partial charge is 0.347 e. The average molecular weight is 262 g/mol. The van der Waals surface area contributed by atoms with E-state index in [2.05, 4.69) is 27.4 Å². The number of nitrogens with zero attached hydrogens (tertiary/aromatic N) is 2. The van der Waals surface area contributed by atoms with E-state index in [1.54, 1.807) is 0 Å². The monoisotopic (exact) mass is 262 g/mol. The van der Waals surface area contributed by atoms with Gasteiger partial charge >= 0.3 is 0 Å². The van der Waals surface area contributed by atoms with Crippen molar-refractivity contribution in [2.24, 2.45) is 17.8 Å². The van der Waals surface area contributed by atoms with Gasteiger partial charge in [0.2, 0.25) is 5.82 Å². The first-order valence-electron chi connectivity index (χ1n) is 7.39. The highest BCUT2D eigenvalue weighted by molar-refractivity contribution is 5.90. The minimum atomic E-state index is -0.147. The van der Waals surface area contributed by atoms with Gasteiger partial charge in [-0.15, -0.1) is 5.10 Å². The van der Waals surface area contributed by atoms with E-state index in [4.69, 9.17) is 0 Å². The fourth-order valence-corrected chi connectivity index (χ4v) is 3.84. The molecule has 0 radical (unpaired) electrons. The second kappa shape index (κ2) is 4.94. The van der Waals surface area contributed by atoms with Gasteiger partial charge < -0.3 is 5.32 Å². The number of aromatic amines is 1. The third kappa shape index (κ3) is 2.38. The first-order chi connectivity index (χ1) is 9.17. The molecule has 4 atom stereocenters. The third-order valence-electron chi connectivity index (χ3n) is 4.86. The van der Waals surface area contributed by atoms with E-state index in [0.29, 0.717) is 5.92 Å². The van der Waals surface area contributed by atoms with Crippen LogP contribution in [-0.4, -0.2) is 27.1 Å². The first kappa shape index (κ1) is 12.6. The maximum Gasteiger partial charge on any atom is 0.291 e. The Morgan fingerprint density at radius 3 is 2.89 bits per heavy atom. The molecular weight excluding hydrogens is 240 g/mol. The topological polar surface area (TPSA) is 70.7 Å². The lowest BCUT2D eigenvalue weighted by atomic mass is 9.84. The molecule has 1 amide bonds. The molecule has 2 bridgehead atoms. The number of fused-ring (bicyclic) bond motifs is 2. The van der Waals surface area contributed by atoms with E-state index in [1.165, 1.54) is 25.7 Å². The fraction of sp³-hybridized carbons (Fsp3) is 0.786. The highest BCUT2D eigenvalue weighted by Crippen LogP contribution is 2.49. The first-order valence-corrected chi connectivity index (χ1v) is 7.39. The number of hydrogen-bond acceptors (Lipinski definition) is 3. The van der Waals surface area contributed by atoms with Gasteiger partial charge in [0.25, 0.3) is 5.91 Å². The van der Waals surface area contributed by atoms with Gasteiger partial charge in [0.1, 0.15) is 5.82 Å². The number of carbonyl (C=O) groups is 1. The predicted molar refractivity (Wildman–Crippen MR) is 71.6 cm³/mol. The van der Waals surface area contributed by atoms with Crippen molar-refractivity contribution in [2.75, 3.05) is 0 Å². The van der Waals surface area contributed by atoms with Crippen LogP contribution in [0.15, 0.2) is 0 Å². The molecule has 0 aliphatic heterocycles. The predicted octanol–water partition coefficient (Wildman–Crippen LogP) is 1.92. The number of nitrogens with one attached hydrogen (secondary N) is 2. The smallest absolute Gasteiger partial charge is 0.291 e. The lowest BCUT2D eigenvalue weighted by Gasteiger charge is -2.28. The van der Waals surface area contributed by atoms with E-state index in [0.717, 1.165) is 24.1 Å². The molecule has 2 saturated carbocycles. The average Bonchev–Trinajstić information content (AvgIpc) is 3.13. The number of amides is 1. The Bertz CT molecular complexity index is 470. The quantitative estimate of drug-likeness (QED) is 0.871. The van der Waals surface area contributed by atoms with E-state index in [9.17, 15) is 4.79 Å². The molecule has 1 heterocycles. The van der Waals surface area contributed by atoms with Crippen molar-refractivity contribution in [1.82, 2.24) is 20.5 Å². The standard InChI is InChI=1S/C14H22N4O/c1-3-12-16-13(18-17-12)14(19)15-8(2)11-7-9-4-5-10(11)6-9/h8-11H,3-7H2,1-2H3,(H,15,19)(H,16,17,18). The molecule has 0 spiro atoms. The normalized spacial score (nSPS) is 30.5. The molecule has 5 nitrogen and oxygen atoms in total. The second-order valence-electron chi connectivity index (χ2n) is 6.06. The Hall–Kier alpha value is -1.39. The second-order valence-corrected chi connectivity index (χ2v) is 6.06. The summed E-state index contributed by atoms with van der Waals surface area (Å²) >= 11 is 0. The number of aryl methyl sites for hydroxylation is 1. The minimum absolute atomic E-state index is 0.147. The molecule has 3 rings (SSSR count). The molecule has 2 N–H and O–H groups in total. The maximum atomic E-state index is 12.1. The lowest BCUT2D eigenvalue weighted by Crippen LogP contribution is -2.40. The van der Waals surface area contributed by atoms with E-state index in [-0.39, 0.29) is 17.8 Å². The van der Waals surface area contributed by atoms with Crippen molar-refractivity contribution < 1.29 is 4.79 Å². The van der Waals surface area contributed by atoms with E-state index >= 15 is 0 Å². The summed E-state index contributed by atoms with van der Waals surface area (Å²) in [5.41, 5.74) is 0. The van der Waals surface area contributed by atoms with E-state index in [1.807, 2.05) is 6.92 Å². The molecule has 4 unspecified atom stereocenters.